The van der Waals surface area contributed by atoms with Crippen molar-refractivity contribution in [1.29, 1.82) is 0 Å². The Morgan fingerprint density at radius 2 is 0.907 bits per heavy atom. The summed E-state index contributed by atoms with van der Waals surface area (Å²) < 4.78 is 36.2. The Balaban J connectivity index is 0.00000924. The van der Waals surface area contributed by atoms with Gasteiger partial charge in [0.15, 0.2) is 0 Å². The maximum atomic E-state index is 12.1. The third-order valence-electron chi connectivity index (χ3n) is 9.02. The number of fused-ring (bicyclic) bond motifs is 1. The van der Waals surface area contributed by atoms with Crippen molar-refractivity contribution in [3.05, 3.63) is 41.5 Å². The minimum absolute atomic E-state index is 0. The van der Waals surface area contributed by atoms with Crippen molar-refractivity contribution in [2.24, 2.45) is 0 Å². The first-order chi connectivity index (χ1) is 20.5. The number of rotatable bonds is 27. The van der Waals surface area contributed by atoms with Gasteiger partial charge in [-0.05, 0) is 53.6 Å². The van der Waals surface area contributed by atoms with Gasteiger partial charge in [0.1, 0.15) is 10.1 Å². The molecule has 0 fully saturated rings. The molecule has 0 unspecified atom stereocenters. The fraction of sp³-hybridized carbons (Fsp3) is 0.737. The van der Waals surface area contributed by atoms with Crippen molar-refractivity contribution in [2.75, 3.05) is 0 Å². The van der Waals surface area contributed by atoms with Crippen molar-refractivity contribution in [3.63, 3.8) is 0 Å². The van der Waals surface area contributed by atoms with Crippen LogP contribution in [0.25, 0.3) is 10.8 Å². The summed E-state index contributed by atoms with van der Waals surface area (Å²) in [4.78, 5) is -0.0215. The molecule has 0 aliphatic carbocycles. The summed E-state index contributed by atoms with van der Waals surface area (Å²) in [6, 6.07) is 9.80. The maximum absolute atomic E-state index is 12.1. The first-order valence-electron chi connectivity index (χ1n) is 18.0. The molecule has 0 aliphatic rings. The van der Waals surface area contributed by atoms with Crippen LogP contribution in [0.15, 0.2) is 35.2 Å². The van der Waals surface area contributed by atoms with Crippen molar-refractivity contribution >= 4 is 20.9 Å². The molecule has 5 heteroatoms. The van der Waals surface area contributed by atoms with E-state index in [1.165, 1.54) is 147 Å². The number of unbranched alkanes of at least 4 members (excludes halogenated alkanes) is 22. The predicted molar refractivity (Wildman–Crippen MR) is 181 cm³/mol. The summed E-state index contributed by atoms with van der Waals surface area (Å²) in [5.74, 6) is 0. The van der Waals surface area contributed by atoms with Crippen molar-refractivity contribution in [1.82, 2.24) is 0 Å². The summed E-state index contributed by atoms with van der Waals surface area (Å²) in [5, 5.41) is 2.00. The van der Waals surface area contributed by atoms with Gasteiger partial charge >= 0.3 is 51.4 Å². The van der Waals surface area contributed by atoms with E-state index in [9.17, 15) is 13.0 Å². The van der Waals surface area contributed by atoms with E-state index in [0.29, 0.717) is 6.42 Å². The normalized spacial score (nSPS) is 11.7. The molecular weight excluding hydrogens is 576 g/mol. The quantitative estimate of drug-likeness (QED) is 0.0557. The van der Waals surface area contributed by atoms with Crippen LogP contribution in [0.2, 0.25) is 0 Å². The summed E-state index contributed by atoms with van der Waals surface area (Å²) in [5.41, 5.74) is 2.04. The van der Waals surface area contributed by atoms with E-state index in [4.69, 9.17) is 0 Å². The van der Waals surface area contributed by atoms with Gasteiger partial charge in [-0.3, -0.25) is 0 Å². The molecule has 0 spiro atoms. The first-order valence-corrected chi connectivity index (χ1v) is 19.4. The van der Waals surface area contributed by atoms with Gasteiger partial charge in [0.2, 0.25) is 0 Å². The monoisotopic (exact) mass is 638 g/mol. The van der Waals surface area contributed by atoms with E-state index >= 15 is 0 Å². The van der Waals surface area contributed by atoms with Gasteiger partial charge in [-0.15, -0.1) is 0 Å². The molecular formula is C38H63KO3S. The second-order valence-electron chi connectivity index (χ2n) is 12.8. The standard InChI is InChI=1S/C38H64O3S.K/c1-3-5-7-9-11-13-15-17-19-21-23-25-27-34-29-31-36-35(33-34)30-32-38(42(39,40)41)37(36)28-26-24-22-20-18-16-14-12-10-8-6-4-2;/h29-33H,3-28H2,1-2H3,(H,39,40,41);/q;+1/p-1. The second kappa shape index (κ2) is 26.3. The first kappa shape index (κ1) is 41.3. The SMILES string of the molecule is CCCCCCCCCCCCCCc1ccc2c(CCCCCCCCCCCCCC)c(S(=O)(=O)[O-])ccc2c1.[K+]. The Labute approximate surface area is 309 Å². The maximum Gasteiger partial charge on any atom is 1.00 e. The van der Waals surface area contributed by atoms with Crippen LogP contribution < -0.4 is 51.4 Å². The van der Waals surface area contributed by atoms with Gasteiger partial charge in [-0.25, -0.2) is 8.42 Å². The van der Waals surface area contributed by atoms with Gasteiger partial charge in [0.05, 0.1) is 4.90 Å². The van der Waals surface area contributed by atoms with Crippen LogP contribution in [0.5, 0.6) is 0 Å². The van der Waals surface area contributed by atoms with E-state index in [-0.39, 0.29) is 56.3 Å². The molecule has 3 nitrogen and oxygen atoms in total. The Bertz CT molecular complexity index is 1070. The van der Waals surface area contributed by atoms with Gasteiger partial charge in [-0.2, -0.15) is 0 Å². The zero-order chi connectivity index (χ0) is 30.3. The van der Waals surface area contributed by atoms with Crippen LogP contribution in [0.4, 0.5) is 0 Å². The Hall–Kier alpha value is 0.246. The number of aryl methyl sites for hydroxylation is 2. The van der Waals surface area contributed by atoms with Crippen LogP contribution in [0.1, 0.15) is 179 Å². The zero-order valence-corrected chi connectivity index (χ0v) is 32.3. The van der Waals surface area contributed by atoms with Crippen LogP contribution in [-0.4, -0.2) is 13.0 Å². The smallest absolute Gasteiger partial charge is 0.744 e. The Morgan fingerprint density at radius 1 is 0.512 bits per heavy atom. The van der Waals surface area contributed by atoms with Gasteiger partial charge < -0.3 is 4.55 Å². The molecule has 2 aromatic carbocycles. The third-order valence-corrected chi connectivity index (χ3v) is 9.94. The second-order valence-corrected chi connectivity index (χ2v) is 14.2. The molecule has 0 N–H and O–H groups in total. The van der Waals surface area contributed by atoms with Crippen molar-refractivity contribution in [2.45, 2.75) is 186 Å². The molecule has 2 aromatic rings. The minimum atomic E-state index is -4.49. The Kier molecular flexibility index (Phi) is 25.3. The largest absolute Gasteiger partial charge is 1.00 e. The minimum Gasteiger partial charge on any atom is -0.744 e. The number of hydrogen-bond donors (Lipinski definition) is 0. The van der Waals surface area contributed by atoms with E-state index in [1.807, 2.05) is 6.07 Å². The van der Waals surface area contributed by atoms with Crippen LogP contribution in [0.3, 0.4) is 0 Å². The molecule has 0 atom stereocenters. The van der Waals surface area contributed by atoms with Gasteiger partial charge in [0.25, 0.3) is 0 Å². The van der Waals surface area contributed by atoms with Crippen molar-refractivity contribution < 1.29 is 64.4 Å². The summed E-state index contributed by atoms with van der Waals surface area (Å²) in [6.07, 6.45) is 33.2. The number of benzene rings is 2. The molecule has 0 heterocycles. The average molecular weight is 639 g/mol. The molecule has 0 saturated heterocycles. The van der Waals surface area contributed by atoms with Crippen LogP contribution in [0, 0.1) is 0 Å². The number of hydrogen-bond acceptors (Lipinski definition) is 3. The summed E-state index contributed by atoms with van der Waals surface area (Å²) in [6.45, 7) is 4.54. The fourth-order valence-corrected chi connectivity index (χ4v) is 7.13. The molecule has 0 radical (unpaired) electrons. The Morgan fingerprint density at radius 3 is 1.33 bits per heavy atom. The van der Waals surface area contributed by atoms with E-state index < -0.39 is 10.1 Å². The third kappa shape index (κ3) is 18.9. The van der Waals surface area contributed by atoms with Crippen LogP contribution in [-0.2, 0) is 23.0 Å². The zero-order valence-electron chi connectivity index (χ0n) is 28.4. The van der Waals surface area contributed by atoms with E-state index in [1.54, 1.807) is 6.07 Å². The average Bonchev–Trinajstić information content (AvgIpc) is 2.97. The molecule has 0 amide bonds. The molecule has 0 saturated carbocycles. The van der Waals surface area contributed by atoms with E-state index in [0.717, 1.165) is 35.6 Å². The molecule has 0 bridgehead atoms. The molecule has 43 heavy (non-hydrogen) atoms. The van der Waals surface area contributed by atoms with Crippen LogP contribution >= 0.6 is 0 Å². The predicted octanol–water partition coefficient (Wildman–Crippen LogP) is 9.24. The summed E-state index contributed by atoms with van der Waals surface area (Å²) in [7, 11) is -4.49. The molecule has 240 valence electrons. The summed E-state index contributed by atoms with van der Waals surface area (Å²) >= 11 is 0. The van der Waals surface area contributed by atoms with Gasteiger partial charge in [0, 0.05) is 0 Å². The molecule has 0 aromatic heterocycles. The van der Waals surface area contributed by atoms with E-state index in [2.05, 4.69) is 32.0 Å². The fourth-order valence-electron chi connectivity index (χ4n) is 6.38. The van der Waals surface area contributed by atoms with Crippen molar-refractivity contribution in [3.8, 4) is 0 Å². The molecule has 2 rings (SSSR count). The van der Waals surface area contributed by atoms with Gasteiger partial charge in [-0.1, -0.05) is 179 Å². The topological polar surface area (TPSA) is 57.2 Å². The molecule has 0 aliphatic heterocycles.